The van der Waals surface area contributed by atoms with E-state index >= 15 is 0 Å². The van der Waals surface area contributed by atoms with E-state index in [1.54, 1.807) is 31.2 Å². The maximum Gasteiger partial charge on any atom is 0.242 e. The summed E-state index contributed by atoms with van der Waals surface area (Å²) in [7, 11) is 3.51. The van der Waals surface area contributed by atoms with Crippen molar-refractivity contribution in [3.05, 3.63) is 53.9 Å². The molecular formula is C20H28N6O2. The van der Waals surface area contributed by atoms with Gasteiger partial charge >= 0.3 is 0 Å². The average molecular weight is 384 g/mol. The molecule has 1 fully saturated rings. The van der Waals surface area contributed by atoms with Crippen LogP contribution >= 0.6 is 0 Å². The van der Waals surface area contributed by atoms with Gasteiger partial charge in [0, 0.05) is 51.5 Å². The number of nitrogens with zero attached hydrogens (tertiary/aromatic N) is 4. The molecule has 150 valence electrons. The van der Waals surface area contributed by atoms with Gasteiger partial charge in [-0.25, -0.2) is 0 Å². The van der Waals surface area contributed by atoms with Gasteiger partial charge in [0.1, 0.15) is 6.04 Å². The van der Waals surface area contributed by atoms with Gasteiger partial charge in [0.25, 0.3) is 0 Å². The summed E-state index contributed by atoms with van der Waals surface area (Å²) >= 11 is 0. The summed E-state index contributed by atoms with van der Waals surface area (Å²) in [5.41, 5.74) is 2.05. The van der Waals surface area contributed by atoms with E-state index in [1.165, 1.54) is 5.56 Å². The molecule has 2 heterocycles. The Hall–Kier alpha value is -2.71. The lowest BCUT2D eigenvalue weighted by Gasteiger charge is -2.34. The minimum atomic E-state index is -0.524. The number of rotatable bonds is 7. The highest BCUT2D eigenvalue weighted by atomic mass is 16.2. The second-order valence-corrected chi connectivity index (χ2v) is 7.03. The Morgan fingerprint density at radius 3 is 2.46 bits per heavy atom. The van der Waals surface area contributed by atoms with Crippen molar-refractivity contribution in [2.24, 2.45) is 7.05 Å². The summed E-state index contributed by atoms with van der Waals surface area (Å²) in [4.78, 5) is 29.1. The fourth-order valence-corrected chi connectivity index (χ4v) is 3.41. The van der Waals surface area contributed by atoms with Crippen molar-refractivity contribution in [3.8, 4) is 0 Å². The van der Waals surface area contributed by atoms with Crippen LogP contribution in [0.4, 0.5) is 0 Å². The standard InChI is InChI=1S/C20H28N6O2/c1-21-19(17-12-23-24(2)15-17)20(28)22-13-18(27)26-10-8-25(9-11-26)14-16-6-4-3-5-7-16/h3-7,12,15,19,21H,8-11,13-14H2,1-2H3,(H,22,28). The number of carbonyl (C=O) groups is 2. The van der Waals surface area contributed by atoms with Crippen LogP contribution in [0.3, 0.4) is 0 Å². The van der Waals surface area contributed by atoms with E-state index < -0.39 is 6.04 Å². The van der Waals surface area contributed by atoms with Gasteiger partial charge in [0.15, 0.2) is 0 Å². The van der Waals surface area contributed by atoms with Crippen LogP contribution in [0.15, 0.2) is 42.7 Å². The lowest BCUT2D eigenvalue weighted by atomic mass is 10.1. The third kappa shape index (κ3) is 5.17. The molecule has 2 aromatic rings. The van der Waals surface area contributed by atoms with Crippen molar-refractivity contribution in [3.63, 3.8) is 0 Å². The lowest BCUT2D eigenvalue weighted by molar-refractivity contribution is -0.134. The summed E-state index contributed by atoms with van der Waals surface area (Å²) in [6.45, 7) is 3.94. The van der Waals surface area contributed by atoms with Gasteiger partial charge in [-0.2, -0.15) is 5.10 Å². The van der Waals surface area contributed by atoms with Crippen molar-refractivity contribution in [2.75, 3.05) is 39.8 Å². The minimum Gasteiger partial charge on any atom is -0.345 e. The molecule has 0 bridgehead atoms. The molecule has 3 rings (SSSR count). The molecule has 1 saturated heterocycles. The molecular weight excluding hydrogens is 356 g/mol. The molecule has 8 heteroatoms. The summed E-state index contributed by atoms with van der Waals surface area (Å²) in [5, 5.41) is 9.80. The van der Waals surface area contributed by atoms with Crippen LogP contribution in [0.25, 0.3) is 0 Å². The van der Waals surface area contributed by atoms with E-state index in [4.69, 9.17) is 0 Å². The highest BCUT2D eigenvalue weighted by molar-refractivity contribution is 5.88. The molecule has 1 aromatic heterocycles. The largest absolute Gasteiger partial charge is 0.345 e. The van der Waals surface area contributed by atoms with Crippen molar-refractivity contribution in [1.82, 2.24) is 30.2 Å². The summed E-state index contributed by atoms with van der Waals surface area (Å²) in [6, 6.07) is 9.82. The number of amides is 2. The summed E-state index contributed by atoms with van der Waals surface area (Å²) in [5.74, 6) is -0.277. The quantitative estimate of drug-likeness (QED) is 0.710. The first-order valence-electron chi connectivity index (χ1n) is 9.54. The molecule has 1 atom stereocenters. The van der Waals surface area contributed by atoms with E-state index in [-0.39, 0.29) is 18.4 Å². The van der Waals surface area contributed by atoms with Crippen molar-refractivity contribution in [2.45, 2.75) is 12.6 Å². The van der Waals surface area contributed by atoms with Crippen LogP contribution in [0, 0.1) is 0 Å². The molecule has 2 amide bonds. The number of aromatic nitrogens is 2. The monoisotopic (exact) mass is 384 g/mol. The van der Waals surface area contributed by atoms with E-state index in [0.29, 0.717) is 13.1 Å². The topological polar surface area (TPSA) is 82.5 Å². The van der Waals surface area contributed by atoms with Crippen molar-refractivity contribution >= 4 is 11.8 Å². The second kappa shape index (κ2) is 9.48. The molecule has 1 aliphatic rings. The Morgan fingerprint density at radius 1 is 1.14 bits per heavy atom. The number of hydrogen-bond acceptors (Lipinski definition) is 5. The van der Waals surface area contributed by atoms with Crippen LogP contribution in [0.1, 0.15) is 17.2 Å². The maximum absolute atomic E-state index is 12.5. The first-order valence-corrected chi connectivity index (χ1v) is 9.54. The predicted molar refractivity (Wildman–Crippen MR) is 106 cm³/mol. The zero-order valence-corrected chi connectivity index (χ0v) is 16.5. The van der Waals surface area contributed by atoms with Gasteiger partial charge in [0.05, 0.1) is 12.7 Å². The molecule has 1 aliphatic heterocycles. The predicted octanol–water partition coefficient (Wildman–Crippen LogP) is 0.141. The third-order valence-corrected chi connectivity index (χ3v) is 5.00. The van der Waals surface area contributed by atoms with Gasteiger partial charge in [-0.15, -0.1) is 0 Å². The average Bonchev–Trinajstić information content (AvgIpc) is 3.14. The Kier molecular flexibility index (Phi) is 6.78. The minimum absolute atomic E-state index is 0.00988. The van der Waals surface area contributed by atoms with Crippen molar-refractivity contribution < 1.29 is 9.59 Å². The highest BCUT2D eigenvalue weighted by Crippen LogP contribution is 2.11. The smallest absolute Gasteiger partial charge is 0.242 e. The molecule has 28 heavy (non-hydrogen) atoms. The molecule has 8 nitrogen and oxygen atoms in total. The van der Waals surface area contributed by atoms with Gasteiger partial charge in [-0.3, -0.25) is 19.2 Å². The molecule has 0 spiro atoms. The van der Waals surface area contributed by atoms with Crippen LogP contribution in [0.5, 0.6) is 0 Å². The number of hydrogen-bond donors (Lipinski definition) is 2. The van der Waals surface area contributed by atoms with Gasteiger partial charge in [-0.1, -0.05) is 30.3 Å². The molecule has 0 aliphatic carbocycles. The maximum atomic E-state index is 12.5. The van der Waals surface area contributed by atoms with Gasteiger partial charge < -0.3 is 15.5 Å². The fourth-order valence-electron chi connectivity index (χ4n) is 3.41. The highest BCUT2D eigenvalue weighted by Gasteiger charge is 2.24. The molecule has 0 radical (unpaired) electrons. The van der Waals surface area contributed by atoms with E-state index in [1.807, 2.05) is 23.1 Å². The number of likely N-dealkylation sites (N-methyl/N-ethyl adjacent to an activating group) is 1. The lowest BCUT2D eigenvalue weighted by Crippen LogP contribution is -2.51. The van der Waals surface area contributed by atoms with E-state index in [0.717, 1.165) is 25.2 Å². The number of nitrogens with one attached hydrogen (secondary N) is 2. The first-order chi connectivity index (χ1) is 13.6. The molecule has 2 N–H and O–H groups in total. The zero-order chi connectivity index (χ0) is 19.9. The summed E-state index contributed by atoms with van der Waals surface area (Å²) < 4.78 is 1.65. The molecule has 0 saturated carbocycles. The Labute approximate surface area is 165 Å². The SMILES string of the molecule is CNC(C(=O)NCC(=O)N1CCN(Cc2ccccc2)CC1)c1cnn(C)c1. The molecule has 1 unspecified atom stereocenters. The van der Waals surface area contributed by atoms with Crippen LogP contribution in [-0.4, -0.2) is 71.2 Å². The zero-order valence-electron chi connectivity index (χ0n) is 16.5. The first kappa shape index (κ1) is 20.0. The number of carbonyl (C=O) groups excluding carboxylic acids is 2. The van der Waals surface area contributed by atoms with Crippen molar-refractivity contribution in [1.29, 1.82) is 0 Å². The Morgan fingerprint density at radius 2 is 1.86 bits per heavy atom. The van der Waals surface area contributed by atoms with E-state index in [2.05, 4.69) is 32.8 Å². The van der Waals surface area contributed by atoms with E-state index in [9.17, 15) is 9.59 Å². The van der Waals surface area contributed by atoms with Gasteiger partial charge in [0.2, 0.25) is 11.8 Å². The number of benzene rings is 1. The summed E-state index contributed by atoms with van der Waals surface area (Å²) in [6.07, 6.45) is 3.43. The normalized spacial score (nSPS) is 16.0. The second-order valence-electron chi connectivity index (χ2n) is 7.03. The number of aryl methyl sites for hydroxylation is 1. The Balaban J connectivity index is 1.43. The fraction of sp³-hybridized carbons (Fsp3) is 0.450. The number of piperazine rings is 1. The van der Waals surface area contributed by atoms with Crippen LogP contribution in [-0.2, 0) is 23.2 Å². The van der Waals surface area contributed by atoms with Crippen LogP contribution in [0.2, 0.25) is 0 Å². The third-order valence-electron chi connectivity index (χ3n) is 5.00. The Bertz CT molecular complexity index is 783. The molecule has 1 aromatic carbocycles. The van der Waals surface area contributed by atoms with Gasteiger partial charge in [-0.05, 0) is 12.6 Å². The van der Waals surface area contributed by atoms with Crippen LogP contribution < -0.4 is 10.6 Å².